The van der Waals surface area contributed by atoms with Crippen LogP contribution in [-0.4, -0.2) is 9.13 Å². The summed E-state index contributed by atoms with van der Waals surface area (Å²) in [6.45, 7) is 0. The molecule has 3 heteroatoms. The monoisotopic (exact) mass is 591 g/mol. The Bertz CT molecular complexity index is 2480. The topological polar surface area (TPSA) is 13.1 Å². The lowest BCUT2D eigenvalue weighted by atomic mass is 9.97. The number of hydrogen-bond donors (Lipinski definition) is 0. The predicted molar refractivity (Wildman–Crippen MR) is 195 cm³/mol. The number of rotatable bonds is 5. The first-order valence-electron chi connectivity index (χ1n) is 16.1. The van der Waals surface area contributed by atoms with Crippen LogP contribution in [0.15, 0.2) is 163 Å². The van der Waals surface area contributed by atoms with E-state index >= 15 is 0 Å². The van der Waals surface area contributed by atoms with Gasteiger partial charge in [-0.15, -0.1) is 0 Å². The minimum Gasteiger partial charge on any atom is -0.342 e. The second kappa shape index (κ2) is 10.7. The number of nitrogens with zero attached hydrogens (tertiary/aromatic N) is 3. The van der Waals surface area contributed by atoms with Crippen molar-refractivity contribution >= 4 is 60.4 Å². The molecule has 2 aromatic heterocycles. The smallest absolute Gasteiger partial charge is 0.0748 e. The van der Waals surface area contributed by atoms with Crippen LogP contribution in [0.5, 0.6) is 0 Å². The quantitative estimate of drug-likeness (QED) is 0.194. The van der Waals surface area contributed by atoms with Gasteiger partial charge in [0, 0.05) is 40.6 Å². The highest BCUT2D eigenvalue weighted by Gasteiger charge is 2.23. The van der Waals surface area contributed by atoms with Gasteiger partial charge in [-0.1, -0.05) is 109 Å². The van der Waals surface area contributed by atoms with Gasteiger partial charge in [-0.3, -0.25) is 0 Å². The molecular formula is C43H33N3. The summed E-state index contributed by atoms with van der Waals surface area (Å²) in [6, 6.07) is 52.7. The van der Waals surface area contributed by atoms with Crippen molar-refractivity contribution < 1.29 is 0 Å². The van der Waals surface area contributed by atoms with Gasteiger partial charge >= 0.3 is 0 Å². The zero-order valence-electron chi connectivity index (χ0n) is 25.8. The van der Waals surface area contributed by atoms with E-state index in [1.807, 2.05) is 0 Å². The number of anilines is 2. The normalized spacial score (nSPS) is 13.4. The van der Waals surface area contributed by atoms with Crippen molar-refractivity contribution in [2.24, 2.45) is 7.05 Å². The van der Waals surface area contributed by atoms with Gasteiger partial charge < -0.3 is 14.0 Å². The highest BCUT2D eigenvalue weighted by Crippen LogP contribution is 2.42. The van der Waals surface area contributed by atoms with E-state index in [4.69, 9.17) is 0 Å². The molecule has 8 aromatic rings. The summed E-state index contributed by atoms with van der Waals surface area (Å²) in [5.74, 6) is 0. The molecule has 0 bridgehead atoms. The van der Waals surface area contributed by atoms with Crippen molar-refractivity contribution in [3.63, 3.8) is 0 Å². The van der Waals surface area contributed by atoms with Crippen LogP contribution >= 0.6 is 0 Å². The maximum atomic E-state index is 2.47. The largest absolute Gasteiger partial charge is 0.342 e. The number of allylic oxidation sites excluding steroid dienone is 4. The molecule has 0 aliphatic heterocycles. The SMILES string of the molecule is Cn1c(C2=CC=C(N(c3ccc4ccccc4c3)c3cccc4ccccc34)CC2)cc2c1c1ccccc1n2-c1ccccc1. The van der Waals surface area contributed by atoms with E-state index in [1.165, 1.54) is 77.5 Å². The van der Waals surface area contributed by atoms with E-state index < -0.39 is 0 Å². The van der Waals surface area contributed by atoms with Gasteiger partial charge in [-0.2, -0.15) is 0 Å². The summed E-state index contributed by atoms with van der Waals surface area (Å²) in [7, 11) is 2.22. The van der Waals surface area contributed by atoms with Gasteiger partial charge in [0.05, 0.1) is 22.2 Å². The Balaban J connectivity index is 1.19. The molecular weight excluding hydrogens is 558 g/mol. The number of para-hydroxylation sites is 2. The number of fused-ring (bicyclic) bond motifs is 5. The molecule has 0 fully saturated rings. The third kappa shape index (κ3) is 4.20. The molecule has 0 radical (unpaired) electrons. The zero-order valence-corrected chi connectivity index (χ0v) is 25.8. The Morgan fingerprint density at radius 2 is 1.26 bits per heavy atom. The number of benzene rings is 6. The molecule has 0 spiro atoms. The fourth-order valence-electron chi connectivity index (χ4n) is 7.44. The second-order valence-corrected chi connectivity index (χ2v) is 12.2. The molecule has 3 nitrogen and oxygen atoms in total. The summed E-state index contributed by atoms with van der Waals surface area (Å²) in [6.07, 6.45) is 6.60. The first-order valence-corrected chi connectivity index (χ1v) is 16.1. The molecule has 0 atom stereocenters. The first-order chi connectivity index (χ1) is 22.7. The predicted octanol–water partition coefficient (Wildman–Crippen LogP) is 11.3. The molecule has 0 saturated carbocycles. The minimum absolute atomic E-state index is 0.941. The fourth-order valence-corrected chi connectivity index (χ4v) is 7.44. The van der Waals surface area contributed by atoms with E-state index in [-0.39, 0.29) is 0 Å². The van der Waals surface area contributed by atoms with Crippen molar-refractivity contribution in [1.82, 2.24) is 9.13 Å². The van der Waals surface area contributed by atoms with Crippen LogP contribution in [0.25, 0.3) is 54.7 Å². The van der Waals surface area contributed by atoms with Crippen LogP contribution in [0.4, 0.5) is 11.4 Å². The summed E-state index contributed by atoms with van der Waals surface area (Å²) >= 11 is 0. The van der Waals surface area contributed by atoms with Crippen LogP contribution in [0.2, 0.25) is 0 Å². The molecule has 220 valence electrons. The van der Waals surface area contributed by atoms with E-state index in [1.54, 1.807) is 0 Å². The molecule has 2 heterocycles. The summed E-state index contributed by atoms with van der Waals surface area (Å²) < 4.78 is 4.80. The van der Waals surface area contributed by atoms with Gasteiger partial charge in [0.15, 0.2) is 0 Å². The van der Waals surface area contributed by atoms with Gasteiger partial charge in [-0.25, -0.2) is 0 Å². The van der Waals surface area contributed by atoms with Crippen LogP contribution in [0.1, 0.15) is 18.5 Å². The van der Waals surface area contributed by atoms with Crippen molar-refractivity contribution in [3.8, 4) is 5.69 Å². The van der Waals surface area contributed by atoms with Crippen LogP contribution < -0.4 is 4.90 Å². The molecule has 9 rings (SSSR count). The molecule has 0 N–H and O–H groups in total. The lowest BCUT2D eigenvalue weighted by molar-refractivity contribution is 0.894. The lowest BCUT2D eigenvalue weighted by Crippen LogP contribution is -2.18. The summed E-state index contributed by atoms with van der Waals surface area (Å²) in [4.78, 5) is 2.47. The van der Waals surface area contributed by atoms with Crippen LogP contribution in [0.3, 0.4) is 0 Å². The zero-order chi connectivity index (χ0) is 30.6. The molecule has 1 aliphatic rings. The van der Waals surface area contributed by atoms with E-state index in [2.05, 4.69) is 179 Å². The van der Waals surface area contributed by atoms with Gasteiger partial charge in [0.1, 0.15) is 0 Å². The number of aromatic nitrogens is 2. The van der Waals surface area contributed by atoms with Crippen molar-refractivity contribution in [3.05, 3.63) is 169 Å². The summed E-state index contributed by atoms with van der Waals surface area (Å²) in [5.41, 5.74) is 11.3. The van der Waals surface area contributed by atoms with Crippen molar-refractivity contribution in [2.75, 3.05) is 4.90 Å². The number of aryl methyl sites for hydroxylation is 1. The van der Waals surface area contributed by atoms with E-state index in [0.717, 1.165) is 12.8 Å². The lowest BCUT2D eigenvalue weighted by Gasteiger charge is -2.31. The maximum absolute atomic E-state index is 2.47. The molecule has 0 amide bonds. The number of hydrogen-bond acceptors (Lipinski definition) is 1. The Kier molecular flexibility index (Phi) is 6.17. The standard InChI is InChI=1S/C43H33N3/c1-44-41(29-42-43(44)38-19-9-10-20-40(38)46(42)34-16-3-2-4-17-34)32-23-25-35(26-24-32)45(36-27-22-30-12-5-6-14-33(30)28-36)39-21-11-15-31-13-7-8-18-37(31)39/h2-23,25,27-29H,24,26H2,1H3. The Hall–Kier alpha value is -5.80. The molecule has 0 unspecified atom stereocenters. The van der Waals surface area contributed by atoms with E-state index in [0.29, 0.717) is 0 Å². The molecule has 1 aliphatic carbocycles. The van der Waals surface area contributed by atoms with Crippen LogP contribution in [0, 0.1) is 0 Å². The van der Waals surface area contributed by atoms with Gasteiger partial charge in [0.25, 0.3) is 0 Å². The van der Waals surface area contributed by atoms with E-state index in [9.17, 15) is 0 Å². The third-order valence-electron chi connectivity index (χ3n) is 9.61. The van der Waals surface area contributed by atoms with Gasteiger partial charge in [-0.05, 0) is 83.1 Å². The van der Waals surface area contributed by atoms with Crippen molar-refractivity contribution in [1.29, 1.82) is 0 Å². The second-order valence-electron chi connectivity index (χ2n) is 12.2. The average molecular weight is 592 g/mol. The maximum Gasteiger partial charge on any atom is 0.0748 e. The highest BCUT2D eigenvalue weighted by atomic mass is 15.2. The highest BCUT2D eigenvalue weighted by molar-refractivity contribution is 6.09. The minimum atomic E-state index is 0.941. The Labute approximate surface area is 268 Å². The summed E-state index contributed by atoms with van der Waals surface area (Å²) in [5, 5.41) is 6.29. The fraction of sp³-hybridized carbons (Fsp3) is 0.0698. The van der Waals surface area contributed by atoms with Crippen molar-refractivity contribution in [2.45, 2.75) is 12.8 Å². The molecule has 46 heavy (non-hydrogen) atoms. The average Bonchev–Trinajstić information content (AvgIpc) is 3.63. The third-order valence-corrected chi connectivity index (χ3v) is 9.61. The first kappa shape index (κ1) is 26.6. The Morgan fingerprint density at radius 3 is 2.09 bits per heavy atom. The van der Waals surface area contributed by atoms with Gasteiger partial charge in [0.2, 0.25) is 0 Å². The molecule has 0 saturated heterocycles. The Morgan fingerprint density at radius 1 is 0.543 bits per heavy atom. The molecule has 6 aromatic carbocycles. The van der Waals surface area contributed by atoms with Crippen LogP contribution in [-0.2, 0) is 7.05 Å².